The van der Waals surface area contributed by atoms with Crippen molar-refractivity contribution in [2.24, 2.45) is 0 Å². The third-order valence-electron chi connectivity index (χ3n) is 4.44. The van der Waals surface area contributed by atoms with Crippen molar-refractivity contribution >= 4 is 29.1 Å². The summed E-state index contributed by atoms with van der Waals surface area (Å²) < 4.78 is 10.8. The number of hydrogen-bond acceptors (Lipinski definition) is 4. The summed E-state index contributed by atoms with van der Waals surface area (Å²) in [4.78, 5) is 25.9. The third kappa shape index (κ3) is 6.39. The number of methoxy groups -OCH3 is 1. The van der Waals surface area contributed by atoms with Crippen molar-refractivity contribution in [1.29, 1.82) is 0 Å². The molecule has 0 bridgehead atoms. The Morgan fingerprint density at radius 3 is 2.41 bits per heavy atom. The van der Waals surface area contributed by atoms with E-state index >= 15 is 0 Å². The van der Waals surface area contributed by atoms with Crippen LogP contribution >= 0.6 is 11.6 Å². The number of anilines is 1. The zero-order chi connectivity index (χ0) is 21.6. The van der Waals surface area contributed by atoms with Gasteiger partial charge in [0.25, 0.3) is 5.91 Å². The number of halogens is 1. The first-order valence-electron chi connectivity index (χ1n) is 9.32. The maximum absolute atomic E-state index is 12.4. The average molecular weight is 419 g/mol. The van der Waals surface area contributed by atoms with Crippen LogP contribution in [-0.4, -0.2) is 44.0 Å². The van der Waals surface area contributed by atoms with Crippen molar-refractivity contribution in [2.45, 2.75) is 26.7 Å². The van der Waals surface area contributed by atoms with Gasteiger partial charge in [-0.25, -0.2) is 0 Å². The summed E-state index contributed by atoms with van der Waals surface area (Å²) in [7, 11) is 3.14. The number of carbonyl (C=O) groups excluding carboxylic acids is 2. The monoisotopic (exact) mass is 418 g/mol. The first-order chi connectivity index (χ1) is 13.7. The lowest BCUT2D eigenvalue weighted by Gasteiger charge is -2.19. The highest BCUT2D eigenvalue weighted by atomic mass is 35.5. The van der Waals surface area contributed by atoms with Crippen LogP contribution in [0.5, 0.6) is 11.5 Å². The SMILES string of the molecule is COc1ccc(NC(=O)CN(C)C(=O)COc2cc(C)c(Cl)cc2C(C)C)cc1. The van der Waals surface area contributed by atoms with Gasteiger partial charge in [-0.2, -0.15) is 0 Å². The maximum atomic E-state index is 12.4. The van der Waals surface area contributed by atoms with E-state index in [0.717, 1.165) is 11.1 Å². The van der Waals surface area contributed by atoms with Crippen LogP contribution in [0.3, 0.4) is 0 Å². The van der Waals surface area contributed by atoms with E-state index in [4.69, 9.17) is 21.1 Å². The molecule has 0 fully saturated rings. The van der Waals surface area contributed by atoms with E-state index in [1.165, 1.54) is 4.90 Å². The first kappa shape index (κ1) is 22.6. The van der Waals surface area contributed by atoms with Crippen LogP contribution in [0.2, 0.25) is 5.02 Å². The Kier molecular flexibility index (Phi) is 7.91. The first-order valence-corrected chi connectivity index (χ1v) is 9.69. The zero-order valence-electron chi connectivity index (χ0n) is 17.4. The predicted octanol–water partition coefficient (Wildman–Crippen LogP) is 4.26. The summed E-state index contributed by atoms with van der Waals surface area (Å²) in [5, 5.41) is 3.41. The van der Waals surface area contributed by atoms with Crippen molar-refractivity contribution in [3.05, 3.63) is 52.5 Å². The number of carbonyl (C=O) groups is 2. The van der Waals surface area contributed by atoms with Gasteiger partial charge in [0.05, 0.1) is 13.7 Å². The molecule has 2 rings (SSSR count). The molecular formula is C22H27ClN2O4. The van der Waals surface area contributed by atoms with Gasteiger partial charge in [0.1, 0.15) is 11.5 Å². The van der Waals surface area contributed by atoms with Gasteiger partial charge >= 0.3 is 0 Å². The summed E-state index contributed by atoms with van der Waals surface area (Å²) in [6, 6.07) is 10.7. The van der Waals surface area contributed by atoms with Gasteiger partial charge in [0.2, 0.25) is 5.91 Å². The fraction of sp³-hybridized carbons (Fsp3) is 0.364. The number of aryl methyl sites for hydroxylation is 1. The number of ether oxygens (including phenoxy) is 2. The lowest BCUT2D eigenvalue weighted by atomic mass is 10.0. The molecule has 0 spiro atoms. The molecular weight excluding hydrogens is 392 g/mol. The number of amides is 2. The lowest BCUT2D eigenvalue weighted by Crippen LogP contribution is -2.37. The Bertz CT molecular complexity index is 866. The molecule has 2 amide bonds. The highest BCUT2D eigenvalue weighted by Gasteiger charge is 2.16. The lowest BCUT2D eigenvalue weighted by molar-refractivity contribution is -0.135. The Balaban J connectivity index is 1.92. The Hall–Kier alpha value is -2.73. The molecule has 0 radical (unpaired) electrons. The highest BCUT2D eigenvalue weighted by Crippen LogP contribution is 2.32. The minimum absolute atomic E-state index is 0.0785. The molecule has 6 nitrogen and oxygen atoms in total. The molecule has 0 aliphatic heterocycles. The van der Waals surface area contributed by atoms with Gasteiger partial charge in [-0.1, -0.05) is 25.4 Å². The van der Waals surface area contributed by atoms with Crippen molar-refractivity contribution in [3.63, 3.8) is 0 Å². The van der Waals surface area contributed by atoms with E-state index < -0.39 is 0 Å². The Morgan fingerprint density at radius 1 is 1.17 bits per heavy atom. The quantitative estimate of drug-likeness (QED) is 0.695. The van der Waals surface area contributed by atoms with E-state index in [1.54, 1.807) is 38.4 Å². The largest absolute Gasteiger partial charge is 0.497 e. The van der Waals surface area contributed by atoms with Gasteiger partial charge in [0, 0.05) is 17.8 Å². The molecule has 2 aromatic carbocycles. The molecule has 156 valence electrons. The average Bonchev–Trinajstić information content (AvgIpc) is 2.68. The molecule has 0 atom stereocenters. The fourth-order valence-corrected chi connectivity index (χ4v) is 2.85. The Morgan fingerprint density at radius 2 is 1.83 bits per heavy atom. The van der Waals surface area contributed by atoms with E-state index in [0.29, 0.717) is 22.2 Å². The molecule has 0 saturated heterocycles. The number of rotatable bonds is 8. The summed E-state index contributed by atoms with van der Waals surface area (Å²) in [5.74, 6) is 0.941. The highest BCUT2D eigenvalue weighted by molar-refractivity contribution is 6.31. The van der Waals surface area contributed by atoms with Crippen LogP contribution in [0.1, 0.15) is 30.9 Å². The van der Waals surface area contributed by atoms with Crippen LogP contribution in [0.4, 0.5) is 5.69 Å². The van der Waals surface area contributed by atoms with Crippen molar-refractivity contribution < 1.29 is 19.1 Å². The normalized spacial score (nSPS) is 10.6. The second-order valence-electron chi connectivity index (χ2n) is 7.11. The van der Waals surface area contributed by atoms with Gasteiger partial charge in [0.15, 0.2) is 6.61 Å². The van der Waals surface area contributed by atoms with E-state index in [1.807, 2.05) is 32.9 Å². The molecule has 0 saturated carbocycles. The number of hydrogen-bond donors (Lipinski definition) is 1. The summed E-state index contributed by atoms with van der Waals surface area (Å²) in [6.45, 7) is 5.71. The number of likely N-dealkylation sites (N-methyl/N-ethyl adjacent to an activating group) is 1. The summed E-state index contributed by atoms with van der Waals surface area (Å²) in [6.07, 6.45) is 0. The number of benzene rings is 2. The van der Waals surface area contributed by atoms with Gasteiger partial charge in [-0.05, 0) is 60.4 Å². The molecule has 0 unspecified atom stereocenters. The Labute approximate surface area is 176 Å². The second kappa shape index (κ2) is 10.2. The van der Waals surface area contributed by atoms with Crippen LogP contribution in [-0.2, 0) is 9.59 Å². The predicted molar refractivity (Wildman–Crippen MR) is 115 cm³/mol. The van der Waals surface area contributed by atoms with Gasteiger partial charge < -0.3 is 19.7 Å². The maximum Gasteiger partial charge on any atom is 0.260 e. The smallest absolute Gasteiger partial charge is 0.260 e. The van der Waals surface area contributed by atoms with Crippen molar-refractivity contribution in [2.75, 3.05) is 32.6 Å². The molecule has 0 aliphatic rings. The van der Waals surface area contributed by atoms with Crippen LogP contribution in [0.25, 0.3) is 0 Å². The molecule has 29 heavy (non-hydrogen) atoms. The number of nitrogens with one attached hydrogen (secondary N) is 1. The number of nitrogens with zero attached hydrogens (tertiary/aromatic N) is 1. The van der Waals surface area contributed by atoms with Crippen LogP contribution in [0.15, 0.2) is 36.4 Å². The molecule has 2 aromatic rings. The van der Waals surface area contributed by atoms with Crippen LogP contribution in [0, 0.1) is 6.92 Å². The van der Waals surface area contributed by atoms with Gasteiger partial charge in [-0.3, -0.25) is 9.59 Å². The minimum Gasteiger partial charge on any atom is -0.497 e. The standard InChI is InChI=1S/C22H27ClN2O4/c1-14(2)18-11-19(23)15(3)10-20(18)29-13-22(27)25(4)12-21(26)24-16-6-8-17(28-5)9-7-16/h6-11,14H,12-13H2,1-5H3,(H,24,26). The molecule has 0 heterocycles. The topological polar surface area (TPSA) is 67.9 Å². The fourth-order valence-electron chi connectivity index (χ4n) is 2.67. The second-order valence-corrected chi connectivity index (χ2v) is 7.52. The van der Waals surface area contributed by atoms with E-state index in [-0.39, 0.29) is 30.9 Å². The summed E-state index contributed by atoms with van der Waals surface area (Å²) in [5.41, 5.74) is 2.45. The van der Waals surface area contributed by atoms with Crippen molar-refractivity contribution in [1.82, 2.24) is 4.90 Å². The third-order valence-corrected chi connectivity index (χ3v) is 4.85. The molecule has 1 N–H and O–H groups in total. The zero-order valence-corrected chi connectivity index (χ0v) is 18.2. The van der Waals surface area contributed by atoms with Crippen LogP contribution < -0.4 is 14.8 Å². The van der Waals surface area contributed by atoms with E-state index in [9.17, 15) is 9.59 Å². The van der Waals surface area contributed by atoms with Gasteiger partial charge in [-0.15, -0.1) is 0 Å². The molecule has 7 heteroatoms. The van der Waals surface area contributed by atoms with Crippen molar-refractivity contribution in [3.8, 4) is 11.5 Å². The van der Waals surface area contributed by atoms with E-state index in [2.05, 4.69) is 5.32 Å². The minimum atomic E-state index is -0.295. The molecule has 0 aliphatic carbocycles. The summed E-state index contributed by atoms with van der Waals surface area (Å²) >= 11 is 6.20. The molecule has 0 aromatic heterocycles.